The molecule has 29 heavy (non-hydrogen) atoms. The summed E-state index contributed by atoms with van der Waals surface area (Å²) in [7, 11) is 1.65. The monoisotopic (exact) mass is 393 g/mol. The lowest BCUT2D eigenvalue weighted by Gasteiger charge is -2.21. The van der Waals surface area contributed by atoms with Gasteiger partial charge in [0.15, 0.2) is 6.17 Å². The number of aryl methyl sites for hydroxylation is 2. The summed E-state index contributed by atoms with van der Waals surface area (Å²) in [4.78, 5) is 0. The van der Waals surface area contributed by atoms with Crippen molar-refractivity contribution in [1.29, 1.82) is 0 Å². The molecule has 148 valence electrons. The lowest BCUT2D eigenvalue weighted by molar-refractivity contribution is -0.660. The average Bonchev–Trinajstić information content (AvgIpc) is 3.15. The van der Waals surface area contributed by atoms with E-state index in [0.717, 1.165) is 24.8 Å². The van der Waals surface area contributed by atoms with Gasteiger partial charge >= 0.3 is 0 Å². The number of hydrogen-bond donors (Lipinski definition) is 0. The predicted octanol–water partition coefficient (Wildman–Crippen LogP) is 6.88. The van der Waals surface area contributed by atoms with Crippen LogP contribution in [0.1, 0.15) is 61.5 Å². The van der Waals surface area contributed by atoms with E-state index < -0.39 is 18.6 Å². The van der Waals surface area contributed by atoms with Crippen LogP contribution in [0, 0.1) is 19.6 Å². The molecular formula is C26H27FNO+. The number of fused-ring (bicyclic) bond motifs is 3. The van der Waals surface area contributed by atoms with Crippen LogP contribution in [-0.4, -0.2) is 0 Å². The Hall–Kier alpha value is -2.68. The second-order valence-electron chi connectivity index (χ2n) is 8.03. The fourth-order valence-corrected chi connectivity index (χ4v) is 4.61. The number of nitrogens with zero attached hydrogens (tertiary/aromatic N) is 1. The lowest BCUT2D eigenvalue weighted by atomic mass is 9.84. The number of halogens is 1. The van der Waals surface area contributed by atoms with E-state index >= 15 is 4.39 Å². The van der Waals surface area contributed by atoms with Crippen LogP contribution in [0.5, 0.6) is 0 Å². The predicted molar refractivity (Wildman–Crippen MR) is 116 cm³/mol. The minimum atomic E-state index is -2.39. The first-order chi connectivity index (χ1) is 16.0. The van der Waals surface area contributed by atoms with E-state index in [4.69, 9.17) is 11.3 Å². The topological polar surface area (TPSA) is 17.0 Å². The molecule has 2 heterocycles. The highest BCUT2D eigenvalue weighted by Crippen LogP contribution is 2.41. The standard InChI is InChI=1S/C26H27FNO/c1-16-9-12-22(28(3)15-16)24-17(2)10-11-20-25-21(27)13-19(14-23(25)29-26(20)24)18-7-5-4-6-8-18/h9-15,18H,4-8H2,1-3H3/q+1/i1D3,15D,18D. The van der Waals surface area contributed by atoms with Crippen LogP contribution in [0.3, 0.4) is 0 Å². The van der Waals surface area contributed by atoms with Crippen molar-refractivity contribution in [1.82, 2.24) is 0 Å². The van der Waals surface area contributed by atoms with Crippen molar-refractivity contribution in [3.8, 4) is 11.3 Å². The Kier molecular flexibility index (Phi) is 3.26. The first kappa shape index (κ1) is 13.5. The van der Waals surface area contributed by atoms with Gasteiger partial charge in [-0.3, -0.25) is 0 Å². The molecule has 1 aliphatic rings. The van der Waals surface area contributed by atoms with Crippen LogP contribution in [0.25, 0.3) is 33.2 Å². The number of aromatic nitrogens is 1. The summed E-state index contributed by atoms with van der Waals surface area (Å²) in [5.74, 6) is -1.20. The van der Waals surface area contributed by atoms with Crippen molar-refractivity contribution in [2.75, 3.05) is 0 Å². The summed E-state index contributed by atoms with van der Waals surface area (Å²) in [5, 5.41) is 1.00. The van der Waals surface area contributed by atoms with Crippen LogP contribution < -0.4 is 4.57 Å². The van der Waals surface area contributed by atoms with Crippen molar-refractivity contribution in [3.63, 3.8) is 0 Å². The molecule has 0 aliphatic heterocycles. The average molecular weight is 394 g/mol. The van der Waals surface area contributed by atoms with Crippen molar-refractivity contribution in [2.24, 2.45) is 7.05 Å². The molecule has 0 N–H and O–H groups in total. The Bertz CT molecular complexity index is 1430. The molecule has 2 nitrogen and oxygen atoms in total. The maximum atomic E-state index is 15.5. The molecule has 0 unspecified atom stereocenters. The van der Waals surface area contributed by atoms with Gasteiger partial charge in [-0.15, -0.1) is 0 Å². The highest BCUT2D eigenvalue weighted by molar-refractivity contribution is 6.10. The maximum absolute atomic E-state index is 15.5. The lowest BCUT2D eigenvalue weighted by Crippen LogP contribution is -2.31. The van der Waals surface area contributed by atoms with E-state index in [1.807, 2.05) is 25.1 Å². The normalized spacial score (nSPS) is 19.5. The Morgan fingerprint density at radius 2 is 2.00 bits per heavy atom. The number of furan rings is 1. The number of hydrogen-bond acceptors (Lipinski definition) is 1. The zero-order chi connectivity index (χ0) is 24.4. The number of rotatable bonds is 2. The van der Waals surface area contributed by atoms with Gasteiger partial charge < -0.3 is 4.42 Å². The van der Waals surface area contributed by atoms with E-state index in [2.05, 4.69) is 0 Å². The van der Waals surface area contributed by atoms with Crippen molar-refractivity contribution < 1.29 is 20.2 Å². The van der Waals surface area contributed by atoms with Crippen LogP contribution in [0.2, 0.25) is 0 Å². The summed E-state index contributed by atoms with van der Waals surface area (Å²) in [6.45, 7) is -0.482. The third-order valence-corrected chi connectivity index (χ3v) is 6.08. The molecule has 2 aromatic heterocycles. The quantitative estimate of drug-likeness (QED) is 0.339. The first-order valence-corrected chi connectivity index (χ1v) is 10.2. The number of benzene rings is 2. The molecule has 0 spiro atoms. The summed E-state index contributed by atoms with van der Waals surface area (Å²) in [6.07, 6.45) is 4.34. The van der Waals surface area contributed by atoms with Crippen LogP contribution >= 0.6 is 0 Å². The zero-order valence-electron chi connectivity index (χ0n) is 21.7. The molecule has 4 aromatic rings. The molecule has 0 saturated heterocycles. The SMILES string of the molecule is [2H]c1c(C([2H])([2H])[2H])ccc(-c2c(C)ccc3c2oc2cc(C4([2H])CCCCC4)cc(F)c23)[n+]1C. The molecule has 0 radical (unpaired) electrons. The van der Waals surface area contributed by atoms with Gasteiger partial charge in [0.2, 0.25) is 5.69 Å². The highest BCUT2D eigenvalue weighted by Gasteiger charge is 2.24. The van der Waals surface area contributed by atoms with Gasteiger partial charge in [-0.25, -0.2) is 8.96 Å². The van der Waals surface area contributed by atoms with Crippen molar-refractivity contribution in [2.45, 2.75) is 51.8 Å². The second-order valence-corrected chi connectivity index (χ2v) is 8.03. The fourth-order valence-electron chi connectivity index (χ4n) is 4.61. The maximum Gasteiger partial charge on any atom is 0.216 e. The van der Waals surface area contributed by atoms with Crippen LogP contribution in [0.4, 0.5) is 4.39 Å². The molecule has 1 saturated carbocycles. The minimum absolute atomic E-state index is 0.0305. The van der Waals surface area contributed by atoms with E-state index in [1.54, 1.807) is 13.1 Å². The van der Waals surface area contributed by atoms with E-state index in [9.17, 15) is 0 Å². The molecule has 0 amide bonds. The Balaban J connectivity index is 1.75. The Morgan fingerprint density at radius 3 is 2.79 bits per heavy atom. The molecule has 0 bridgehead atoms. The molecular weight excluding hydrogens is 361 g/mol. The van der Waals surface area contributed by atoms with Crippen molar-refractivity contribution in [3.05, 3.63) is 65.1 Å². The van der Waals surface area contributed by atoms with Gasteiger partial charge in [-0.05, 0) is 61.8 Å². The molecule has 5 rings (SSSR count). The van der Waals surface area contributed by atoms with Gasteiger partial charge in [-0.1, -0.05) is 31.4 Å². The molecule has 1 aliphatic carbocycles. The van der Waals surface area contributed by atoms with E-state index in [-0.39, 0.29) is 11.7 Å². The van der Waals surface area contributed by atoms with Crippen LogP contribution in [-0.2, 0) is 7.05 Å². The van der Waals surface area contributed by atoms with Gasteiger partial charge in [0.1, 0.15) is 25.4 Å². The molecule has 1 fully saturated rings. The summed E-state index contributed by atoms with van der Waals surface area (Å²) in [6, 6.07) is 10.1. The minimum Gasteiger partial charge on any atom is -0.455 e. The van der Waals surface area contributed by atoms with Gasteiger partial charge in [-0.2, -0.15) is 0 Å². The highest BCUT2D eigenvalue weighted by atomic mass is 19.1. The summed E-state index contributed by atoms with van der Waals surface area (Å²) < 4.78 is 63.7. The van der Waals surface area contributed by atoms with E-state index in [0.29, 0.717) is 51.6 Å². The van der Waals surface area contributed by atoms with Gasteiger partial charge in [0.25, 0.3) is 0 Å². The second kappa shape index (κ2) is 6.98. The Morgan fingerprint density at radius 1 is 1.17 bits per heavy atom. The third kappa shape index (κ3) is 3.04. The van der Waals surface area contributed by atoms with Crippen molar-refractivity contribution >= 4 is 21.9 Å². The van der Waals surface area contributed by atoms with Crippen LogP contribution in [0.15, 0.2) is 47.0 Å². The third-order valence-electron chi connectivity index (χ3n) is 6.08. The fraction of sp³-hybridized carbons (Fsp3) is 0.346. The molecule has 2 aromatic carbocycles. The van der Waals surface area contributed by atoms with E-state index in [1.165, 1.54) is 16.7 Å². The Labute approximate surface area is 178 Å². The molecule has 0 atom stereocenters. The smallest absolute Gasteiger partial charge is 0.216 e. The molecule has 3 heteroatoms. The largest absolute Gasteiger partial charge is 0.455 e. The summed E-state index contributed by atoms with van der Waals surface area (Å²) in [5.41, 5.74) is 3.69. The van der Waals surface area contributed by atoms with Gasteiger partial charge in [0.05, 0.1) is 10.9 Å². The van der Waals surface area contributed by atoms with Gasteiger partial charge in [0, 0.05) is 22.5 Å². The zero-order valence-corrected chi connectivity index (χ0v) is 16.7. The number of pyridine rings is 1. The first-order valence-electron chi connectivity index (χ1n) is 12.7. The summed E-state index contributed by atoms with van der Waals surface area (Å²) >= 11 is 0.